The van der Waals surface area contributed by atoms with Gasteiger partial charge in [0.1, 0.15) is 11.1 Å². The highest BCUT2D eigenvalue weighted by Crippen LogP contribution is 2.47. The van der Waals surface area contributed by atoms with Gasteiger partial charge in [-0.2, -0.15) is 0 Å². The van der Waals surface area contributed by atoms with E-state index in [0.717, 1.165) is 44.2 Å². The summed E-state index contributed by atoms with van der Waals surface area (Å²) in [6.45, 7) is 0. The van der Waals surface area contributed by atoms with Gasteiger partial charge in [-0.05, 0) is 48.5 Å². The molecule has 5 aromatic carbocycles. The number of benzene rings is 5. The van der Waals surface area contributed by atoms with Crippen LogP contribution in [0.2, 0.25) is 0 Å². The lowest BCUT2D eigenvalue weighted by Crippen LogP contribution is -1.93. The average Bonchev–Trinajstić information content (AvgIpc) is 3.68. The van der Waals surface area contributed by atoms with Gasteiger partial charge in [-0.15, -0.1) is 0 Å². The van der Waals surface area contributed by atoms with Crippen molar-refractivity contribution in [1.82, 2.24) is 14.0 Å². The largest absolute Gasteiger partial charge is 0.454 e. The molecule has 0 aliphatic carbocycles. The van der Waals surface area contributed by atoms with Crippen LogP contribution in [0.15, 0.2) is 114 Å². The van der Waals surface area contributed by atoms with Crippen LogP contribution in [0.3, 0.4) is 0 Å². The van der Waals surface area contributed by atoms with E-state index in [9.17, 15) is 0 Å². The van der Waals surface area contributed by atoms with Crippen molar-refractivity contribution in [3.05, 3.63) is 109 Å². The van der Waals surface area contributed by atoms with Crippen LogP contribution in [0.1, 0.15) is 0 Å². The summed E-state index contributed by atoms with van der Waals surface area (Å²) in [5.41, 5.74) is 11.2. The zero-order chi connectivity index (χ0) is 24.5. The molecule has 38 heavy (non-hydrogen) atoms. The molecule has 0 radical (unpaired) electrons. The van der Waals surface area contributed by atoms with Gasteiger partial charge in [-0.3, -0.25) is 0 Å². The minimum Gasteiger partial charge on any atom is -0.454 e. The molecule has 0 bridgehead atoms. The molecule has 4 nitrogen and oxygen atoms in total. The molecule has 0 aliphatic heterocycles. The van der Waals surface area contributed by atoms with Gasteiger partial charge in [-0.25, -0.2) is 0 Å². The number of nitrogens with one attached hydrogen (secondary N) is 1. The quantitative estimate of drug-likeness (QED) is 0.247. The van der Waals surface area contributed by atoms with E-state index < -0.39 is 0 Å². The number of H-pyrrole nitrogens is 1. The smallest absolute Gasteiger partial charge is 0.161 e. The van der Waals surface area contributed by atoms with Crippen molar-refractivity contribution in [3.63, 3.8) is 0 Å². The van der Waals surface area contributed by atoms with Gasteiger partial charge < -0.3 is 18.4 Å². The lowest BCUT2D eigenvalue weighted by Gasteiger charge is -2.08. The number of nitrogens with zero attached hydrogens (tertiary/aromatic N) is 2. The van der Waals surface area contributed by atoms with Crippen LogP contribution in [0.4, 0.5) is 0 Å². The fraction of sp³-hybridized carbons (Fsp3) is 0. The van der Waals surface area contributed by atoms with Crippen LogP contribution in [0.25, 0.3) is 87.8 Å². The van der Waals surface area contributed by atoms with Gasteiger partial charge in [0, 0.05) is 49.0 Å². The number of aromatic nitrogens is 3. The summed E-state index contributed by atoms with van der Waals surface area (Å²) < 4.78 is 11.5. The second-order valence-corrected chi connectivity index (χ2v) is 10.2. The molecule has 0 amide bonds. The molecule has 0 saturated carbocycles. The third kappa shape index (κ3) is 2.04. The minimum atomic E-state index is 0.914. The standard InChI is InChI=1S/C34H19N3O/c1-2-9-19(10-3-1)36-26-15-6-4-11-20(26)31-32(36)22-13-8-14-24-28(22)29-25(35-24)18-17-23-30(29)37(31)33-21-12-5-7-16-27(21)38-34(23)33/h1-18,35H. The van der Waals surface area contributed by atoms with Gasteiger partial charge in [-0.1, -0.05) is 60.7 Å². The van der Waals surface area contributed by atoms with Gasteiger partial charge >= 0.3 is 0 Å². The highest BCUT2D eigenvalue weighted by atomic mass is 16.3. The summed E-state index contributed by atoms with van der Waals surface area (Å²) in [5.74, 6) is 0. The molecule has 5 aromatic heterocycles. The van der Waals surface area contributed by atoms with Gasteiger partial charge in [0.25, 0.3) is 0 Å². The van der Waals surface area contributed by atoms with Crippen molar-refractivity contribution in [1.29, 1.82) is 0 Å². The average molecular weight is 486 g/mol. The maximum Gasteiger partial charge on any atom is 0.161 e. The van der Waals surface area contributed by atoms with Crippen molar-refractivity contribution >= 4 is 82.1 Å². The summed E-state index contributed by atoms with van der Waals surface area (Å²) in [6.07, 6.45) is 0. The van der Waals surface area contributed by atoms with E-state index in [0.29, 0.717) is 0 Å². The lowest BCUT2D eigenvalue weighted by atomic mass is 10.1. The molecular formula is C34H19N3O. The number of hydrogen-bond acceptors (Lipinski definition) is 1. The second-order valence-electron chi connectivity index (χ2n) is 10.2. The molecule has 0 unspecified atom stereocenters. The van der Waals surface area contributed by atoms with Crippen LogP contribution in [0, 0.1) is 0 Å². The summed E-state index contributed by atoms with van der Waals surface area (Å²) in [5, 5.41) is 7.25. The van der Waals surface area contributed by atoms with Gasteiger partial charge in [0.2, 0.25) is 0 Å². The zero-order valence-corrected chi connectivity index (χ0v) is 20.2. The molecule has 0 saturated heterocycles. The van der Waals surface area contributed by atoms with E-state index in [4.69, 9.17) is 4.42 Å². The first-order chi connectivity index (χ1) is 18.9. The van der Waals surface area contributed by atoms with Gasteiger partial charge in [0.05, 0.1) is 22.1 Å². The zero-order valence-electron chi connectivity index (χ0n) is 20.2. The van der Waals surface area contributed by atoms with Crippen molar-refractivity contribution in [2.45, 2.75) is 0 Å². The normalized spacial score (nSPS) is 12.7. The van der Waals surface area contributed by atoms with Crippen LogP contribution < -0.4 is 0 Å². The summed E-state index contributed by atoms with van der Waals surface area (Å²) in [6, 6.07) is 39.0. The van der Waals surface area contributed by atoms with E-state index in [2.05, 4.69) is 117 Å². The molecule has 10 aromatic rings. The Balaban J connectivity index is 1.69. The van der Waals surface area contributed by atoms with E-state index in [-0.39, 0.29) is 0 Å². The van der Waals surface area contributed by atoms with E-state index in [1.54, 1.807) is 0 Å². The monoisotopic (exact) mass is 485 g/mol. The number of para-hydroxylation sites is 3. The van der Waals surface area contributed by atoms with Crippen LogP contribution in [0.5, 0.6) is 0 Å². The van der Waals surface area contributed by atoms with Crippen molar-refractivity contribution in [3.8, 4) is 5.69 Å². The molecule has 0 aliphatic rings. The van der Waals surface area contributed by atoms with Crippen LogP contribution in [-0.4, -0.2) is 14.0 Å². The number of fused-ring (bicyclic) bond motifs is 10. The highest BCUT2D eigenvalue weighted by molar-refractivity contribution is 6.35. The Morgan fingerprint density at radius 3 is 2.18 bits per heavy atom. The third-order valence-corrected chi connectivity index (χ3v) is 8.36. The fourth-order valence-corrected chi connectivity index (χ4v) is 6.95. The summed E-state index contributed by atoms with van der Waals surface area (Å²) in [7, 11) is 0. The van der Waals surface area contributed by atoms with Crippen LogP contribution >= 0.6 is 0 Å². The number of rotatable bonds is 1. The molecule has 176 valence electrons. The Labute approximate surface area is 215 Å². The first-order valence-electron chi connectivity index (χ1n) is 13.0. The maximum atomic E-state index is 6.59. The molecule has 0 atom stereocenters. The SMILES string of the molecule is c1ccc(-n2c3ccccc3c3c2c2cccc4[nH]c5ccc6c7oc8ccccc8c7n3c6c5c42)cc1. The van der Waals surface area contributed by atoms with E-state index >= 15 is 0 Å². The van der Waals surface area contributed by atoms with Crippen LogP contribution in [-0.2, 0) is 0 Å². The Hall–Kier alpha value is -5.22. The van der Waals surface area contributed by atoms with Crippen molar-refractivity contribution in [2.75, 3.05) is 0 Å². The predicted octanol–water partition coefficient (Wildman–Crippen LogP) is 9.16. The van der Waals surface area contributed by atoms with E-state index in [1.807, 2.05) is 6.07 Å². The Bertz CT molecular complexity index is 2550. The fourth-order valence-electron chi connectivity index (χ4n) is 6.95. The first kappa shape index (κ1) is 19.0. The molecule has 1 N–H and O–H groups in total. The Morgan fingerprint density at radius 2 is 1.26 bits per heavy atom. The molecule has 5 heterocycles. The number of aromatic amines is 1. The minimum absolute atomic E-state index is 0.914. The van der Waals surface area contributed by atoms with Crippen molar-refractivity contribution in [2.24, 2.45) is 0 Å². The summed E-state index contributed by atoms with van der Waals surface area (Å²) >= 11 is 0. The third-order valence-electron chi connectivity index (χ3n) is 8.36. The topological polar surface area (TPSA) is 38.3 Å². The molecule has 10 rings (SSSR count). The van der Waals surface area contributed by atoms with Gasteiger partial charge in [0.15, 0.2) is 5.58 Å². The number of hydrogen-bond donors (Lipinski definition) is 1. The molecule has 0 spiro atoms. The predicted molar refractivity (Wildman–Crippen MR) is 157 cm³/mol. The Kier molecular flexibility index (Phi) is 3.18. The highest BCUT2D eigenvalue weighted by Gasteiger charge is 2.26. The van der Waals surface area contributed by atoms with E-state index in [1.165, 1.54) is 43.6 Å². The molecule has 0 fully saturated rings. The number of furan rings is 1. The molecule has 4 heteroatoms. The second kappa shape index (κ2) is 6.36. The van der Waals surface area contributed by atoms with Crippen molar-refractivity contribution < 1.29 is 4.42 Å². The molecular weight excluding hydrogens is 466 g/mol. The lowest BCUT2D eigenvalue weighted by molar-refractivity contribution is 0.673. The summed E-state index contributed by atoms with van der Waals surface area (Å²) in [4.78, 5) is 3.72. The maximum absolute atomic E-state index is 6.59. The Morgan fingerprint density at radius 1 is 0.500 bits per heavy atom. The first-order valence-corrected chi connectivity index (χ1v) is 13.0.